The van der Waals surface area contributed by atoms with E-state index in [2.05, 4.69) is 12.6 Å². The number of sulfone groups is 1. The van der Waals surface area contributed by atoms with E-state index in [1.54, 1.807) is 0 Å². The van der Waals surface area contributed by atoms with Crippen molar-refractivity contribution in [3.63, 3.8) is 0 Å². The van der Waals surface area contributed by atoms with E-state index in [1.165, 1.54) is 6.07 Å². The molecule has 0 aliphatic rings. The Hall–Kier alpha value is -0.720. The monoisotopic (exact) mass is 266 g/mol. The van der Waals surface area contributed by atoms with E-state index in [4.69, 9.17) is 16.7 Å². The molecule has 0 heterocycles. The molecule has 82 valence electrons. The highest BCUT2D eigenvalue weighted by Crippen LogP contribution is 2.30. The fourth-order valence-corrected chi connectivity index (χ4v) is 2.77. The topological polar surface area (TPSA) is 71.4 Å². The summed E-state index contributed by atoms with van der Waals surface area (Å²) < 4.78 is 22.5. The van der Waals surface area contributed by atoms with E-state index < -0.39 is 15.8 Å². The Morgan fingerprint density at radius 2 is 2.00 bits per heavy atom. The van der Waals surface area contributed by atoms with Crippen LogP contribution < -0.4 is 0 Å². The largest absolute Gasteiger partial charge is 0.478 e. The number of carbonyl (C=O) groups is 1. The van der Waals surface area contributed by atoms with Crippen LogP contribution >= 0.6 is 24.2 Å². The zero-order chi connectivity index (χ0) is 11.8. The second-order valence-electron chi connectivity index (χ2n) is 2.85. The molecule has 0 aliphatic heterocycles. The number of rotatable bonds is 2. The minimum Gasteiger partial charge on any atom is -0.478 e. The second kappa shape index (κ2) is 4.03. The third-order valence-electron chi connectivity index (χ3n) is 1.71. The van der Waals surface area contributed by atoms with Gasteiger partial charge in [0.2, 0.25) is 0 Å². The first-order valence-corrected chi connectivity index (χ1v) is 6.41. The van der Waals surface area contributed by atoms with Gasteiger partial charge in [0.15, 0.2) is 9.84 Å². The van der Waals surface area contributed by atoms with E-state index in [0.717, 1.165) is 12.3 Å². The summed E-state index contributed by atoms with van der Waals surface area (Å²) in [4.78, 5) is 10.5. The van der Waals surface area contributed by atoms with Crippen molar-refractivity contribution in [1.82, 2.24) is 0 Å². The highest BCUT2D eigenvalue weighted by molar-refractivity contribution is 7.91. The normalized spacial score (nSPS) is 11.4. The van der Waals surface area contributed by atoms with Gasteiger partial charge in [-0.05, 0) is 12.1 Å². The second-order valence-corrected chi connectivity index (χ2v) is 5.66. The van der Waals surface area contributed by atoms with Crippen molar-refractivity contribution < 1.29 is 18.3 Å². The van der Waals surface area contributed by atoms with E-state index in [1.807, 2.05) is 0 Å². The Kier molecular flexibility index (Phi) is 3.32. The lowest BCUT2D eigenvalue weighted by Crippen LogP contribution is -2.03. The van der Waals surface area contributed by atoms with Gasteiger partial charge < -0.3 is 5.11 Å². The molecule has 15 heavy (non-hydrogen) atoms. The lowest BCUT2D eigenvalue weighted by Gasteiger charge is -2.06. The summed E-state index contributed by atoms with van der Waals surface area (Å²) in [5.74, 6) is -1.23. The highest BCUT2D eigenvalue weighted by atomic mass is 35.5. The zero-order valence-corrected chi connectivity index (χ0v) is 10.0. The summed E-state index contributed by atoms with van der Waals surface area (Å²) in [7, 11) is -3.45. The van der Waals surface area contributed by atoms with Crippen LogP contribution in [0.25, 0.3) is 0 Å². The molecule has 0 saturated carbocycles. The molecule has 1 N–H and O–H groups in total. The molecule has 1 rings (SSSR count). The molecule has 1 aromatic rings. The predicted octanol–water partition coefficient (Wildman–Crippen LogP) is 1.73. The van der Waals surface area contributed by atoms with Crippen molar-refractivity contribution in [1.29, 1.82) is 0 Å². The Morgan fingerprint density at radius 1 is 1.47 bits per heavy atom. The number of carboxylic acid groups (broad SMARTS) is 1. The Labute approximate surface area is 97.2 Å². The molecule has 4 nitrogen and oxygen atoms in total. The summed E-state index contributed by atoms with van der Waals surface area (Å²) in [6, 6.07) is 2.31. The molecule has 0 fully saturated rings. The van der Waals surface area contributed by atoms with Crippen LogP contribution in [-0.2, 0) is 9.84 Å². The maximum Gasteiger partial charge on any atom is 0.337 e. The fourth-order valence-electron chi connectivity index (χ4n) is 1.01. The molecule has 0 bridgehead atoms. The molecule has 0 aromatic heterocycles. The van der Waals surface area contributed by atoms with Crippen LogP contribution in [0.5, 0.6) is 0 Å². The van der Waals surface area contributed by atoms with Crippen molar-refractivity contribution in [2.45, 2.75) is 9.79 Å². The van der Waals surface area contributed by atoms with Gasteiger partial charge >= 0.3 is 5.97 Å². The number of aromatic carboxylic acids is 1. The van der Waals surface area contributed by atoms with Gasteiger partial charge in [-0.1, -0.05) is 11.6 Å². The number of thiol groups is 1. The molecule has 0 unspecified atom stereocenters. The van der Waals surface area contributed by atoms with Crippen molar-refractivity contribution in [2.75, 3.05) is 6.26 Å². The summed E-state index contributed by atoms with van der Waals surface area (Å²) >= 11 is 9.57. The average molecular weight is 267 g/mol. The molecule has 0 amide bonds. The number of hydrogen-bond acceptors (Lipinski definition) is 4. The number of hydrogen-bond donors (Lipinski definition) is 2. The first-order chi connectivity index (χ1) is 6.75. The SMILES string of the molecule is CS(=O)(=O)c1ccc(C(=O)O)c(Cl)c1S. The standard InChI is InChI=1S/C8H7ClO4S2/c1-15(12,13)5-3-2-4(8(10)11)6(9)7(5)14/h2-3,14H,1H3,(H,10,11). The number of benzene rings is 1. The third-order valence-corrected chi connectivity index (χ3v) is 3.99. The van der Waals surface area contributed by atoms with Gasteiger partial charge in [0.1, 0.15) is 0 Å². The summed E-state index contributed by atoms with van der Waals surface area (Å²) in [5, 5.41) is 8.54. The van der Waals surface area contributed by atoms with Gasteiger partial charge in [-0.2, -0.15) is 0 Å². The molecule has 0 aliphatic carbocycles. The quantitative estimate of drug-likeness (QED) is 0.800. The van der Waals surface area contributed by atoms with Crippen molar-refractivity contribution in [3.8, 4) is 0 Å². The van der Waals surface area contributed by atoms with Crippen LogP contribution in [0, 0.1) is 0 Å². The summed E-state index contributed by atoms with van der Waals surface area (Å²) in [5.41, 5.74) is -0.172. The van der Waals surface area contributed by atoms with E-state index >= 15 is 0 Å². The van der Waals surface area contributed by atoms with Gasteiger partial charge in [0.25, 0.3) is 0 Å². The zero-order valence-electron chi connectivity index (χ0n) is 7.56. The van der Waals surface area contributed by atoms with Crippen LogP contribution in [0.1, 0.15) is 10.4 Å². The predicted molar refractivity (Wildman–Crippen MR) is 58.8 cm³/mol. The third kappa shape index (κ3) is 2.45. The Morgan fingerprint density at radius 3 is 2.40 bits per heavy atom. The van der Waals surface area contributed by atoms with Gasteiger partial charge in [-0.3, -0.25) is 0 Å². The van der Waals surface area contributed by atoms with E-state index in [-0.39, 0.29) is 20.4 Å². The van der Waals surface area contributed by atoms with Crippen LogP contribution in [0.4, 0.5) is 0 Å². The first kappa shape index (κ1) is 12.4. The number of carboxylic acids is 1. The lowest BCUT2D eigenvalue weighted by molar-refractivity contribution is 0.0696. The van der Waals surface area contributed by atoms with Crippen LogP contribution in [0.2, 0.25) is 5.02 Å². The van der Waals surface area contributed by atoms with Crippen molar-refractivity contribution in [3.05, 3.63) is 22.7 Å². The molecular formula is C8H7ClO4S2. The maximum absolute atomic E-state index is 11.2. The summed E-state index contributed by atoms with van der Waals surface area (Å²) in [6.45, 7) is 0. The fraction of sp³-hybridized carbons (Fsp3) is 0.125. The molecular weight excluding hydrogens is 260 g/mol. The number of halogens is 1. The van der Waals surface area contributed by atoms with E-state index in [0.29, 0.717) is 0 Å². The Bertz CT molecular complexity index is 522. The maximum atomic E-state index is 11.2. The van der Waals surface area contributed by atoms with Crippen LogP contribution in [0.15, 0.2) is 21.9 Å². The van der Waals surface area contributed by atoms with Crippen LogP contribution in [0.3, 0.4) is 0 Å². The minimum absolute atomic E-state index is 0.0425. The van der Waals surface area contributed by atoms with E-state index in [9.17, 15) is 13.2 Å². The summed E-state index contributed by atoms with van der Waals surface area (Å²) in [6.07, 6.45) is 0.999. The molecule has 7 heteroatoms. The van der Waals surface area contributed by atoms with Crippen molar-refractivity contribution in [2.24, 2.45) is 0 Å². The molecule has 0 radical (unpaired) electrons. The van der Waals surface area contributed by atoms with Gasteiger partial charge in [-0.25, -0.2) is 13.2 Å². The Balaban J connectivity index is 3.55. The lowest BCUT2D eigenvalue weighted by atomic mass is 10.2. The van der Waals surface area contributed by atoms with Crippen molar-refractivity contribution >= 4 is 40.0 Å². The van der Waals surface area contributed by atoms with Crippen LogP contribution in [-0.4, -0.2) is 25.7 Å². The van der Waals surface area contributed by atoms with Gasteiger partial charge in [0.05, 0.1) is 15.5 Å². The molecule has 0 spiro atoms. The smallest absolute Gasteiger partial charge is 0.337 e. The average Bonchev–Trinajstić information content (AvgIpc) is 2.06. The van der Waals surface area contributed by atoms with Gasteiger partial charge in [0, 0.05) is 11.2 Å². The molecule has 0 saturated heterocycles. The first-order valence-electron chi connectivity index (χ1n) is 3.70. The minimum atomic E-state index is -3.45. The highest BCUT2D eigenvalue weighted by Gasteiger charge is 2.18. The van der Waals surface area contributed by atoms with Gasteiger partial charge in [-0.15, -0.1) is 12.6 Å². The molecule has 0 atom stereocenters. The molecule has 1 aromatic carbocycles.